The largest absolute Gasteiger partial charge is 0.351 e. The van der Waals surface area contributed by atoms with Gasteiger partial charge in [-0.15, -0.1) is 0 Å². The van der Waals surface area contributed by atoms with Gasteiger partial charge in [0.1, 0.15) is 0 Å². The highest BCUT2D eigenvalue weighted by atomic mass is 32.1. The van der Waals surface area contributed by atoms with Crippen molar-refractivity contribution in [3.8, 4) is 5.69 Å². The molecular weight excluding hydrogens is 414 g/mol. The fourth-order valence-electron chi connectivity index (χ4n) is 4.62. The summed E-state index contributed by atoms with van der Waals surface area (Å²) in [6, 6.07) is 20.8. The van der Waals surface area contributed by atoms with E-state index in [9.17, 15) is 0 Å². The maximum absolute atomic E-state index is 5.86. The second-order valence-corrected chi connectivity index (χ2v) is 8.59. The number of nitrogens with zero attached hydrogens (tertiary/aromatic N) is 4. The Morgan fingerprint density at radius 3 is 2.41 bits per heavy atom. The molecular formula is C26H25N5S. The summed E-state index contributed by atoms with van der Waals surface area (Å²) < 4.78 is 2.26. The van der Waals surface area contributed by atoms with Crippen molar-refractivity contribution >= 4 is 23.0 Å². The summed E-state index contributed by atoms with van der Waals surface area (Å²) in [4.78, 5) is 11.2. The predicted octanol–water partition coefficient (Wildman–Crippen LogP) is 5.37. The number of rotatable bonds is 4. The third-order valence-corrected chi connectivity index (χ3v) is 6.42. The molecule has 4 heterocycles. The van der Waals surface area contributed by atoms with Crippen LogP contribution in [0.1, 0.15) is 40.3 Å². The smallest absolute Gasteiger partial charge is 0.174 e. The first kappa shape index (κ1) is 20.4. The molecule has 3 aromatic heterocycles. The molecule has 0 aliphatic carbocycles. The Kier molecular flexibility index (Phi) is 5.23. The molecule has 32 heavy (non-hydrogen) atoms. The molecule has 0 saturated carbocycles. The number of pyridine rings is 2. The normalized spacial score (nSPS) is 18.1. The van der Waals surface area contributed by atoms with Gasteiger partial charge < -0.3 is 14.8 Å². The van der Waals surface area contributed by atoms with Crippen molar-refractivity contribution in [2.24, 2.45) is 0 Å². The monoisotopic (exact) mass is 439 g/mol. The number of benzene rings is 1. The highest BCUT2D eigenvalue weighted by molar-refractivity contribution is 7.80. The molecule has 1 fully saturated rings. The van der Waals surface area contributed by atoms with Crippen LogP contribution in [0, 0.1) is 20.8 Å². The molecule has 1 N–H and O–H groups in total. The molecule has 0 amide bonds. The number of thiocarbonyl (C=S) groups is 1. The number of hydrogen-bond donors (Lipinski definition) is 1. The van der Waals surface area contributed by atoms with Crippen LogP contribution in [-0.4, -0.2) is 19.6 Å². The van der Waals surface area contributed by atoms with Gasteiger partial charge >= 0.3 is 0 Å². The molecule has 1 aliphatic heterocycles. The Labute approximate surface area is 193 Å². The zero-order valence-electron chi connectivity index (χ0n) is 18.4. The number of nitrogens with one attached hydrogen (secondary N) is 1. The van der Waals surface area contributed by atoms with Crippen molar-refractivity contribution in [1.82, 2.24) is 19.9 Å². The standard InChI is InChI=1S/C26H25N5S/c1-17-9-11-20(12-10-17)31-25(24(29-26(31)32)23-8-4-5-14-28-23)22-15-18(2)30(19(22)3)21-7-6-13-27-16-21/h4-16,24-25H,1-3H3,(H,29,32)/t24-,25-/m1/s1. The van der Waals surface area contributed by atoms with Crippen molar-refractivity contribution in [1.29, 1.82) is 0 Å². The number of aromatic nitrogens is 3. The minimum absolute atomic E-state index is 0.0308. The fraction of sp³-hybridized carbons (Fsp3) is 0.192. The molecule has 0 spiro atoms. The third-order valence-electron chi connectivity index (χ3n) is 6.10. The Hall–Kier alpha value is -3.51. The molecule has 0 bridgehead atoms. The van der Waals surface area contributed by atoms with Gasteiger partial charge in [0.05, 0.1) is 29.7 Å². The number of hydrogen-bond acceptors (Lipinski definition) is 3. The van der Waals surface area contributed by atoms with E-state index in [0.717, 1.165) is 22.8 Å². The summed E-state index contributed by atoms with van der Waals surface area (Å²) in [5.41, 5.74) is 7.87. The van der Waals surface area contributed by atoms with E-state index in [1.807, 2.05) is 30.6 Å². The summed E-state index contributed by atoms with van der Waals surface area (Å²) in [6.45, 7) is 6.40. The van der Waals surface area contributed by atoms with E-state index in [2.05, 4.69) is 88.0 Å². The van der Waals surface area contributed by atoms with Crippen LogP contribution in [0.25, 0.3) is 5.69 Å². The van der Waals surface area contributed by atoms with Gasteiger partial charge in [-0.05, 0) is 81.0 Å². The molecule has 1 aliphatic rings. The van der Waals surface area contributed by atoms with Crippen molar-refractivity contribution < 1.29 is 0 Å². The molecule has 5 rings (SSSR count). The van der Waals surface area contributed by atoms with E-state index < -0.39 is 0 Å². The van der Waals surface area contributed by atoms with E-state index in [-0.39, 0.29) is 12.1 Å². The highest BCUT2D eigenvalue weighted by Gasteiger charge is 2.42. The van der Waals surface area contributed by atoms with Crippen LogP contribution in [-0.2, 0) is 0 Å². The third kappa shape index (κ3) is 3.46. The topological polar surface area (TPSA) is 46.0 Å². The first-order valence-electron chi connectivity index (χ1n) is 10.7. The van der Waals surface area contributed by atoms with Crippen molar-refractivity contribution in [3.05, 3.63) is 107 Å². The van der Waals surface area contributed by atoms with E-state index in [1.165, 1.54) is 16.8 Å². The maximum atomic E-state index is 5.86. The molecule has 4 aromatic rings. The van der Waals surface area contributed by atoms with Crippen LogP contribution in [0.15, 0.2) is 79.3 Å². The molecule has 6 heteroatoms. The summed E-state index contributed by atoms with van der Waals surface area (Å²) in [6.07, 6.45) is 5.54. The Balaban J connectivity index is 1.68. The second kappa shape index (κ2) is 8.20. The Morgan fingerprint density at radius 2 is 1.72 bits per heavy atom. The van der Waals surface area contributed by atoms with Crippen LogP contribution in [0.4, 0.5) is 5.69 Å². The molecule has 0 radical (unpaired) electrons. The predicted molar refractivity (Wildman–Crippen MR) is 132 cm³/mol. The lowest BCUT2D eigenvalue weighted by Crippen LogP contribution is -2.29. The Morgan fingerprint density at radius 1 is 0.906 bits per heavy atom. The lowest BCUT2D eigenvalue weighted by atomic mass is 9.96. The van der Waals surface area contributed by atoms with Gasteiger partial charge in [-0.1, -0.05) is 23.8 Å². The average Bonchev–Trinajstić information content (AvgIpc) is 3.31. The van der Waals surface area contributed by atoms with Gasteiger partial charge in [0.25, 0.3) is 0 Å². The van der Waals surface area contributed by atoms with Crippen molar-refractivity contribution in [2.75, 3.05) is 4.90 Å². The molecule has 160 valence electrons. The van der Waals surface area contributed by atoms with Crippen LogP contribution in [0.2, 0.25) is 0 Å². The van der Waals surface area contributed by atoms with Gasteiger partial charge in [0, 0.05) is 29.5 Å². The van der Waals surface area contributed by atoms with Gasteiger partial charge in [0.2, 0.25) is 0 Å². The van der Waals surface area contributed by atoms with Gasteiger partial charge in [-0.3, -0.25) is 9.97 Å². The fourth-order valence-corrected chi connectivity index (χ4v) is 4.97. The lowest BCUT2D eigenvalue weighted by molar-refractivity contribution is 0.565. The molecule has 2 atom stereocenters. The average molecular weight is 440 g/mol. The van der Waals surface area contributed by atoms with Crippen LogP contribution in [0.5, 0.6) is 0 Å². The molecule has 1 saturated heterocycles. The van der Waals surface area contributed by atoms with Crippen molar-refractivity contribution in [2.45, 2.75) is 32.9 Å². The maximum Gasteiger partial charge on any atom is 0.174 e. The zero-order chi connectivity index (χ0) is 22.2. The zero-order valence-corrected chi connectivity index (χ0v) is 19.2. The second-order valence-electron chi connectivity index (χ2n) is 8.21. The van der Waals surface area contributed by atoms with E-state index in [1.54, 1.807) is 6.20 Å². The van der Waals surface area contributed by atoms with Crippen LogP contribution < -0.4 is 10.2 Å². The summed E-state index contributed by atoms with van der Waals surface area (Å²) in [5, 5.41) is 4.26. The van der Waals surface area contributed by atoms with E-state index in [4.69, 9.17) is 12.2 Å². The molecule has 5 nitrogen and oxygen atoms in total. The van der Waals surface area contributed by atoms with Crippen molar-refractivity contribution in [3.63, 3.8) is 0 Å². The van der Waals surface area contributed by atoms with Gasteiger partial charge in [0.15, 0.2) is 5.11 Å². The lowest BCUT2D eigenvalue weighted by Gasteiger charge is -2.28. The number of anilines is 1. The first-order valence-corrected chi connectivity index (χ1v) is 11.1. The Bertz CT molecular complexity index is 1250. The SMILES string of the molecule is Cc1ccc(N2C(=S)N[C@H](c3ccccn3)[C@H]2c2cc(C)n(-c3cccnc3)c2C)cc1. The van der Waals surface area contributed by atoms with Crippen LogP contribution >= 0.6 is 12.2 Å². The quantitative estimate of drug-likeness (QED) is 0.433. The first-order chi connectivity index (χ1) is 15.5. The van der Waals surface area contributed by atoms with E-state index >= 15 is 0 Å². The summed E-state index contributed by atoms with van der Waals surface area (Å²) in [5.74, 6) is 0. The summed E-state index contributed by atoms with van der Waals surface area (Å²) in [7, 11) is 0. The van der Waals surface area contributed by atoms with Gasteiger partial charge in [-0.25, -0.2) is 0 Å². The van der Waals surface area contributed by atoms with Crippen LogP contribution in [0.3, 0.4) is 0 Å². The molecule has 0 unspecified atom stereocenters. The van der Waals surface area contributed by atoms with Gasteiger partial charge in [-0.2, -0.15) is 0 Å². The van der Waals surface area contributed by atoms with E-state index in [0.29, 0.717) is 5.11 Å². The highest BCUT2D eigenvalue weighted by Crippen LogP contribution is 2.43. The minimum Gasteiger partial charge on any atom is -0.351 e. The summed E-state index contributed by atoms with van der Waals surface area (Å²) >= 11 is 5.86. The molecule has 1 aromatic carbocycles. The number of aryl methyl sites for hydroxylation is 2. The minimum atomic E-state index is -0.0622.